The van der Waals surface area contributed by atoms with Gasteiger partial charge in [0.15, 0.2) is 0 Å². The van der Waals surface area contributed by atoms with Gasteiger partial charge < -0.3 is 10.2 Å². The van der Waals surface area contributed by atoms with E-state index < -0.39 is 22.8 Å². The van der Waals surface area contributed by atoms with E-state index >= 15 is 0 Å². The fourth-order valence-electron chi connectivity index (χ4n) is 4.60. The summed E-state index contributed by atoms with van der Waals surface area (Å²) in [4.78, 5) is 24.3. The molecule has 0 aromatic heterocycles. The lowest BCUT2D eigenvalue weighted by Gasteiger charge is -2.40. The van der Waals surface area contributed by atoms with Crippen molar-refractivity contribution in [2.24, 2.45) is 10.8 Å². The lowest BCUT2D eigenvalue weighted by molar-refractivity contribution is -0.157. The molecule has 0 heterocycles. The first-order valence-electron chi connectivity index (χ1n) is 11.6. The van der Waals surface area contributed by atoms with E-state index in [9.17, 15) is 19.8 Å². The van der Waals surface area contributed by atoms with Crippen molar-refractivity contribution in [1.29, 1.82) is 0 Å². The summed E-state index contributed by atoms with van der Waals surface area (Å²) in [7, 11) is 0. The molecule has 4 heteroatoms. The van der Waals surface area contributed by atoms with Crippen LogP contribution in [0.2, 0.25) is 0 Å². The molecule has 0 bridgehead atoms. The molecule has 0 fully saturated rings. The fraction of sp³-hybridized carbons (Fsp3) is 0.833. The Kier molecular flexibility index (Phi) is 11.5. The molecule has 2 N–H and O–H groups in total. The summed E-state index contributed by atoms with van der Waals surface area (Å²) >= 11 is 0. The van der Waals surface area contributed by atoms with Gasteiger partial charge in [-0.15, -0.1) is 0 Å². The summed E-state index contributed by atoms with van der Waals surface area (Å²) in [5.74, 6) is -1.68. The van der Waals surface area contributed by atoms with E-state index in [0.29, 0.717) is 19.3 Å². The Labute approximate surface area is 171 Å². The van der Waals surface area contributed by atoms with Crippen LogP contribution >= 0.6 is 0 Å². The molecule has 1 rings (SSSR count). The van der Waals surface area contributed by atoms with Crippen molar-refractivity contribution in [3.63, 3.8) is 0 Å². The number of unbranched alkanes of at least 4 members (excludes halogenated alkanes) is 10. The Hall–Kier alpha value is -1.32. The Bertz CT molecular complexity index is 499. The molecule has 0 amide bonds. The van der Waals surface area contributed by atoms with Gasteiger partial charge in [0.05, 0.1) is 10.8 Å². The molecule has 0 aliphatic heterocycles. The summed E-state index contributed by atoms with van der Waals surface area (Å²) in [5, 5.41) is 19.9. The van der Waals surface area contributed by atoms with Crippen LogP contribution in [0.4, 0.5) is 0 Å². The number of carbonyl (C=O) groups is 2. The highest BCUT2D eigenvalue weighted by Crippen LogP contribution is 2.48. The van der Waals surface area contributed by atoms with Crippen LogP contribution in [0.1, 0.15) is 117 Å². The van der Waals surface area contributed by atoms with Crippen LogP contribution in [0.5, 0.6) is 0 Å². The highest BCUT2D eigenvalue weighted by atomic mass is 16.4. The van der Waals surface area contributed by atoms with Gasteiger partial charge >= 0.3 is 11.9 Å². The summed E-state index contributed by atoms with van der Waals surface area (Å²) in [5.41, 5.74) is -1.93. The Morgan fingerprint density at radius 1 is 0.750 bits per heavy atom. The van der Waals surface area contributed by atoms with Crippen LogP contribution in [-0.2, 0) is 9.59 Å². The highest BCUT2D eigenvalue weighted by molar-refractivity contribution is 5.81. The van der Waals surface area contributed by atoms with Gasteiger partial charge in [-0.1, -0.05) is 103 Å². The van der Waals surface area contributed by atoms with Gasteiger partial charge in [-0.25, -0.2) is 0 Å². The molecule has 28 heavy (non-hydrogen) atoms. The Morgan fingerprint density at radius 2 is 1.25 bits per heavy atom. The molecule has 4 nitrogen and oxygen atoms in total. The van der Waals surface area contributed by atoms with Gasteiger partial charge in [0.1, 0.15) is 0 Å². The number of aliphatic carboxylic acids is 2. The SMILES string of the molecule is CCCCCCCCCCC1(C(=O)O)C=CCC(CCCCCC)(C(=O)O)C1. The standard InChI is InChI=1S/C24H42O4/c1-3-5-7-9-10-11-12-14-17-24(22(27)28)19-15-18-23(20-24,21(25)26)16-13-8-6-4-2/h15,19H,3-14,16-18,20H2,1-2H3,(H,25,26)(H,27,28). The molecule has 0 saturated heterocycles. The minimum Gasteiger partial charge on any atom is -0.481 e. The maximum atomic E-state index is 12.2. The van der Waals surface area contributed by atoms with Gasteiger partial charge in [0.25, 0.3) is 0 Å². The van der Waals surface area contributed by atoms with Crippen LogP contribution in [0.3, 0.4) is 0 Å². The molecule has 2 atom stereocenters. The van der Waals surface area contributed by atoms with E-state index in [1.54, 1.807) is 6.08 Å². The van der Waals surface area contributed by atoms with Gasteiger partial charge in [-0.3, -0.25) is 9.59 Å². The molecule has 0 aromatic rings. The highest BCUT2D eigenvalue weighted by Gasteiger charge is 2.50. The van der Waals surface area contributed by atoms with E-state index in [0.717, 1.165) is 44.9 Å². The first kappa shape index (κ1) is 24.7. The van der Waals surface area contributed by atoms with E-state index in [1.807, 2.05) is 6.08 Å². The number of hydrogen-bond donors (Lipinski definition) is 2. The maximum absolute atomic E-state index is 12.2. The molecule has 0 radical (unpaired) electrons. The second kappa shape index (κ2) is 13.0. The van der Waals surface area contributed by atoms with Gasteiger partial charge in [0, 0.05) is 0 Å². The van der Waals surface area contributed by atoms with Crippen molar-refractivity contribution in [1.82, 2.24) is 0 Å². The quantitative estimate of drug-likeness (QED) is 0.219. The smallest absolute Gasteiger partial charge is 0.313 e. The molecular weight excluding hydrogens is 352 g/mol. The van der Waals surface area contributed by atoms with E-state index in [1.165, 1.54) is 32.1 Å². The second-order valence-electron chi connectivity index (χ2n) is 8.87. The van der Waals surface area contributed by atoms with Crippen molar-refractivity contribution in [3.8, 4) is 0 Å². The van der Waals surface area contributed by atoms with Crippen LogP contribution in [0, 0.1) is 10.8 Å². The third-order valence-corrected chi connectivity index (χ3v) is 6.46. The van der Waals surface area contributed by atoms with E-state index in [2.05, 4.69) is 13.8 Å². The first-order chi connectivity index (χ1) is 13.4. The predicted molar refractivity (Wildman–Crippen MR) is 114 cm³/mol. The number of carboxylic acid groups (broad SMARTS) is 2. The zero-order chi connectivity index (χ0) is 20.9. The Balaban J connectivity index is 2.63. The average Bonchev–Trinajstić information content (AvgIpc) is 2.67. The van der Waals surface area contributed by atoms with Crippen molar-refractivity contribution in [2.75, 3.05) is 0 Å². The minimum atomic E-state index is -1.01. The van der Waals surface area contributed by atoms with Crippen molar-refractivity contribution >= 4 is 11.9 Å². The fourth-order valence-corrected chi connectivity index (χ4v) is 4.60. The molecule has 162 valence electrons. The Morgan fingerprint density at radius 3 is 1.79 bits per heavy atom. The van der Waals surface area contributed by atoms with Crippen molar-refractivity contribution in [2.45, 2.75) is 117 Å². The number of carboxylic acids is 2. The molecule has 0 aromatic carbocycles. The van der Waals surface area contributed by atoms with Crippen molar-refractivity contribution in [3.05, 3.63) is 12.2 Å². The summed E-state index contributed by atoms with van der Waals surface area (Å²) in [6, 6.07) is 0. The first-order valence-corrected chi connectivity index (χ1v) is 11.6. The minimum absolute atomic E-state index is 0.240. The van der Waals surface area contributed by atoms with Crippen LogP contribution in [0.15, 0.2) is 12.2 Å². The second-order valence-corrected chi connectivity index (χ2v) is 8.87. The largest absolute Gasteiger partial charge is 0.481 e. The number of rotatable bonds is 16. The van der Waals surface area contributed by atoms with Crippen LogP contribution in [-0.4, -0.2) is 22.2 Å². The molecule has 1 aliphatic carbocycles. The lowest BCUT2D eigenvalue weighted by atomic mass is 9.62. The topological polar surface area (TPSA) is 74.6 Å². The molecule has 1 aliphatic rings. The van der Waals surface area contributed by atoms with Crippen LogP contribution in [0.25, 0.3) is 0 Å². The molecular formula is C24H42O4. The van der Waals surface area contributed by atoms with Gasteiger partial charge in [-0.2, -0.15) is 0 Å². The zero-order valence-electron chi connectivity index (χ0n) is 18.2. The molecule has 2 unspecified atom stereocenters. The third-order valence-electron chi connectivity index (χ3n) is 6.46. The normalized spacial score (nSPS) is 24.4. The zero-order valence-corrected chi connectivity index (χ0v) is 18.2. The van der Waals surface area contributed by atoms with Gasteiger partial charge in [-0.05, 0) is 25.7 Å². The summed E-state index contributed by atoms with van der Waals surface area (Å²) in [6.45, 7) is 4.35. The van der Waals surface area contributed by atoms with Crippen LogP contribution < -0.4 is 0 Å². The maximum Gasteiger partial charge on any atom is 0.313 e. The van der Waals surface area contributed by atoms with E-state index in [-0.39, 0.29) is 6.42 Å². The molecule has 0 spiro atoms. The average molecular weight is 395 g/mol. The monoisotopic (exact) mass is 394 g/mol. The summed E-state index contributed by atoms with van der Waals surface area (Å²) in [6.07, 6.45) is 18.9. The number of hydrogen-bond acceptors (Lipinski definition) is 2. The third kappa shape index (κ3) is 7.60. The van der Waals surface area contributed by atoms with Gasteiger partial charge in [0.2, 0.25) is 0 Å². The molecule has 0 saturated carbocycles. The summed E-state index contributed by atoms with van der Waals surface area (Å²) < 4.78 is 0. The van der Waals surface area contributed by atoms with E-state index in [4.69, 9.17) is 0 Å². The predicted octanol–water partition coefficient (Wildman–Crippen LogP) is 6.98. The van der Waals surface area contributed by atoms with Crippen molar-refractivity contribution < 1.29 is 19.8 Å². The number of allylic oxidation sites excluding steroid dienone is 1. The lowest BCUT2D eigenvalue weighted by Crippen LogP contribution is -2.43.